The Kier molecular flexibility index (Phi) is 7.17. The van der Waals surface area contributed by atoms with Crippen molar-refractivity contribution in [2.75, 3.05) is 0 Å². The van der Waals surface area contributed by atoms with Gasteiger partial charge in [0, 0.05) is 73.5 Å². The van der Waals surface area contributed by atoms with Gasteiger partial charge in [-0.1, -0.05) is 127 Å². The standard InChI is InChI=1S/C49H27N5OS2/c1-3-13-28(14-4-1)46-52-47(29-15-5-2-6-16-29)54-48(53-46)35-20-12-24-39-41(35)34-26-25-30(27-40(34)56-39)42-44-43(33-18-7-9-22-37(33)55-44)51-49(50-42)36-21-11-19-32-31-17-8-10-23-38(31)57-45(32)36/h1-27H. The quantitative estimate of drug-likeness (QED) is 0.174. The third kappa shape index (κ3) is 5.19. The van der Waals surface area contributed by atoms with E-state index in [1.54, 1.807) is 22.7 Å². The lowest BCUT2D eigenvalue weighted by atomic mass is 10.0. The van der Waals surface area contributed by atoms with E-state index in [9.17, 15) is 0 Å². The molecule has 6 nitrogen and oxygen atoms in total. The molecule has 57 heavy (non-hydrogen) atoms. The van der Waals surface area contributed by atoms with E-state index < -0.39 is 0 Å². The first-order valence-electron chi connectivity index (χ1n) is 18.7. The monoisotopic (exact) mass is 765 g/mol. The van der Waals surface area contributed by atoms with Crippen molar-refractivity contribution in [3.8, 4) is 56.8 Å². The van der Waals surface area contributed by atoms with Crippen LogP contribution in [0.1, 0.15) is 0 Å². The average molecular weight is 766 g/mol. The van der Waals surface area contributed by atoms with Crippen LogP contribution in [0.25, 0.3) is 119 Å². The molecule has 7 aromatic carbocycles. The number of furan rings is 1. The molecule has 266 valence electrons. The van der Waals surface area contributed by atoms with E-state index >= 15 is 0 Å². The number of benzene rings is 7. The van der Waals surface area contributed by atoms with Crippen LogP contribution < -0.4 is 0 Å². The van der Waals surface area contributed by atoms with Crippen LogP contribution in [0, 0.1) is 0 Å². The van der Waals surface area contributed by atoms with Crippen LogP contribution >= 0.6 is 22.7 Å². The number of thiophene rings is 2. The molecular weight excluding hydrogens is 739 g/mol. The number of rotatable bonds is 5. The minimum absolute atomic E-state index is 0.636. The maximum Gasteiger partial charge on any atom is 0.180 e. The predicted octanol–water partition coefficient (Wildman–Crippen LogP) is 13.6. The third-order valence-electron chi connectivity index (χ3n) is 10.6. The highest BCUT2D eigenvalue weighted by Gasteiger charge is 2.22. The van der Waals surface area contributed by atoms with Gasteiger partial charge >= 0.3 is 0 Å². The summed E-state index contributed by atoms with van der Waals surface area (Å²) in [6.45, 7) is 0. The Morgan fingerprint density at radius 1 is 0.386 bits per heavy atom. The fraction of sp³-hybridized carbons (Fsp3) is 0. The Hall–Kier alpha value is -7.13. The van der Waals surface area contributed by atoms with Crippen LogP contribution in [0.15, 0.2) is 168 Å². The summed E-state index contributed by atoms with van der Waals surface area (Å²) in [5.74, 6) is 2.59. The summed E-state index contributed by atoms with van der Waals surface area (Å²) < 4.78 is 11.3. The molecule has 5 aromatic heterocycles. The van der Waals surface area contributed by atoms with Crippen molar-refractivity contribution in [1.29, 1.82) is 0 Å². The molecule has 0 atom stereocenters. The lowest BCUT2D eigenvalue weighted by Crippen LogP contribution is -2.00. The van der Waals surface area contributed by atoms with Gasteiger partial charge in [-0.15, -0.1) is 22.7 Å². The van der Waals surface area contributed by atoms with Gasteiger partial charge < -0.3 is 4.42 Å². The molecule has 0 spiro atoms. The van der Waals surface area contributed by atoms with Crippen LogP contribution in [-0.2, 0) is 0 Å². The van der Waals surface area contributed by atoms with Crippen LogP contribution in [0.3, 0.4) is 0 Å². The maximum atomic E-state index is 6.57. The Labute approximate surface area is 333 Å². The minimum atomic E-state index is 0.636. The van der Waals surface area contributed by atoms with E-state index in [4.69, 9.17) is 29.3 Å². The van der Waals surface area contributed by atoms with Crippen LogP contribution in [0.4, 0.5) is 0 Å². The highest BCUT2D eigenvalue weighted by Crippen LogP contribution is 2.44. The van der Waals surface area contributed by atoms with Gasteiger partial charge in [0.25, 0.3) is 0 Å². The van der Waals surface area contributed by atoms with E-state index in [1.807, 2.05) is 78.9 Å². The summed E-state index contributed by atoms with van der Waals surface area (Å²) in [6.07, 6.45) is 0. The Morgan fingerprint density at radius 2 is 1.02 bits per heavy atom. The third-order valence-corrected chi connectivity index (χ3v) is 12.9. The number of hydrogen-bond donors (Lipinski definition) is 0. The molecule has 0 radical (unpaired) electrons. The summed E-state index contributed by atoms with van der Waals surface area (Å²) in [7, 11) is 0. The summed E-state index contributed by atoms with van der Waals surface area (Å²) >= 11 is 3.53. The molecule has 0 fully saturated rings. The molecule has 5 heterocycles. The molecule has 0 aliphatic rings. The van der Waals surface area contributed by atoms with Crippen LogP contribution in [-0.4, -0.2) is 24.9 Å². The van der Waals surface area contributed by atoms with Crippen molar-refractivity contribution in [2.45, 2.75) is 0 Å². The maximum absolute atomic E-state index is 6.57. The number of hydrogen-bond acceptors (Lipinski definition) is 8. The zero-order valence-electron chi connectivity index (χ0n) is 30.0. The molecule has 0 saturated heterocycles. The van der Waals surface area contributed by atoms with Gasteiger partial charge in [0.2, 0.25) is 0 Å². The van der Waals surface area contributed by atoms with Gasteiger partial charge in [-0.2, -0.15) is 0 Å². The zero-order valence-corrected chi connectivity index (χ0v) is 31.7. The van der Waals surface area contributed by atoms with Gasteiger partial charge in [-0.05, 0) is 36.4 Å². The number of para-hydroxylation sites is 1. The minimum Gasteiger partial charge on any atom is -0.452 e. The van der Waals surface area contributed by atoms with Crippen molar-refractivity contribution in [2.24, 2.45) is 0 Å². The first-order valence-corrected chi connectivity index (χ1v) is 20.3. The molecule has 0 aliphatic carbocycles. The van der Waals surface area contributed by atoms with E-state index in [-0.39, 0.29) is 0 Å². The van der Waals surface area contributed by atoms with Crippen molar-refractivity contribution in [3.63, 3.8) is 0 Å². The molecular formula is C49H27N5OS2. The normalized spacial score (nSPS) is 11.9. The average Bonchev–Trinajstić information content (AvgIpc) is 3.97. The highest BCUT2D eigenvalue weighted by atomic mass is 32.1. The summed E-state index contributed by atoms with van der Waals surface area (Å²) in [6, 6.07) is 56.3. The molecule has 0 aliphatic heterocycles. The fourth-order valence-electron chi connectivity index (χ4n) is 7.92. The van der Waals surface area contributed by atoms with Crippen molar-refractivity contribution in [3.05, 3.63) is 164 Å². The second-order valence-electron chi connectivity index (χ2n) is 14.0. The van der Waals surface area contributed by atoms with Gasteiger partial charge in [0.05, 0.1) is 0 Å². The molecule has 12 rings (SSSR count). The SMILES string of the molecule is c1ccc(-c2nc(-c3ccccc3)nc(-c3cccc4sc5cc(-c6nc(-c7cccc8c7sc7ccccc78)nc7c6oc6ccccc67)ccc5c34)n2)cc1. The largest absolute Gasteiger partial charge is 0.452 e. The van der Waals surface area contributed by atoms with E-state index in [0.717, 1.165) is 70.2 Å². The lowest BCUT2D eigenvalue weighted by molar-refractivity contribution is 0.667. The first-order chi connectivity index (χ1) is 28.2. The number of aromatic nitrogens is 5. The number of nitrogens with zero attached hydrogens (tertiary/aromatic N) is 5. The topological polar surface area (TPSA) is 77.6 Å². The van der Waals surface area contributed by atoms with E-state index in [1.165, 1.54) is 20.2 Å². The van der Waals surface area contributed by atoms with E-state index in [2.05, 4.69) is 84.9 Å². The smallest absolute Gasteiger partial charge is 0.180 e. The van der Waals surface area contributed by atoms with Crippen molar-refractivity contribution < 1.29 is 4.42 Å². The first kappa shape index (κ1) is 32.1. The molecule has 0 saturated carbocycles. The molecule has 0 bridgehead atoms. The second kappa shape index (κ2) is 12.7. The van der Waals surface area contributed by atoms with Gasteiger partial charge in [0.15, 0.2) is 28.9 Å². The van der Waals surface area contributed by atoms with Crippen LogP contribution in [0.2, 0.25) is 0 Å². The van der Waals surface area contributed by atoms with E-state index in [0.29, 0.717) is 28.9 Å². The van der Waals surface area contributed by atoms with Crippen molar-refractivity contribution in [1.82, 2.24) is 24.9 Å². The predicted molar refractivity (Wildman–Crippen MR) is 236 cm³/mol. The second-order valence-corrected chi connectivity index (χ2v) is 16.1. The molecule has 0 N–H and O–H groups in total. The fourth-order valence-corrected chi connectivity index (χ4v) is 10.3. The van der Waals surface area contributed by atoms with Gasteiger partial charge in [-0.25, -0.2) is 24.9 Å². The molecule has 0 unspecified atom stereocenters. The highest BCUT2D eigenvalue weighted by molar-refractivity contribution is 7.26. The Morgan fingerprint density at radius 3 is 1.82 bits per heavy atom. The Balaban J connectivity index is 1.06. The zero-order chi connectivity index (χ0) is 37.5. The summed E-state index contributed by atoms with van der Waals surface area (Å²) in [5.41, 5.74) is 7.85. The van der Waals surface area contributed by atoms with Crippen molar-refractivity contribution >= 4 is 85.1 Å². The molecule has 8 heteroatoms. The summed E-state index contributed by atoms with van der Waals surface area (Å²) in [5, 5.41) is 5.66. The lowest BCUT2D eigenvalue weighted by Gasteiger charge is -2.10. The van der Waals surface area contributed by atoms with Gasteiger partial charge in [0.1, 0.15) is 16.8 Å². The summed E-state index contributed by atoms with van der Waals surface area (Å²) in [4.78, 5) is 25.7. The molecule has 12 aromatic rings. The molecule has 0 amide bonds. The van der Waals surface area contributed by atoms with Crippen LogP contribution in [0.5, 0.6) is 0 Å². The Bertz CT molecular complexity index is 3480. The number of fused-ring (bicyclic) bond motifs is 9. The van der Waals surface area contributed by atoms with Gasteiger partial charge in [-0.3, -0.25) is 0 Å².